The second-order valence-electron chi connectivity index (χ2n) is 5.50. The first-order valence-electron chi connectivity index (χ1n) is 7.59. The van der Waals surface area contributed by atoms with Crippen molar-refractivity contribution in [2.45, 2.75) is 32.6 Å². The maximum atomic E-state index is 12.0. The number of piperidine rings is 1. The summed E-state index contributed by atoms with van der Waals surface area (Å²) in [5, 5.41) is 3.04. The highest BCUT2D eigenvalue weighted by molar-refractivity contribution is 5.79. The Morgan fingerprint density at radius 2 is 1.95 bits per heavy atom. The fourth-order valence-electron chi connectivity index (χ4n) is 2.62. The molecule has 20 heavy (non-hydrogen) atoms. The number of unbranched alkanes of at least 4 members (excludes halogenated alkanes) is 1. The van der Waals surface area contributed by atoms with Crippen LogP contribution in [0.2, 0.25) is 0 Å². The molecule has 1 aromatic rings. The lowest BCUT2D eigenvalue weighted by Crippen LogP contribution is -2.40. The number of carbonyl (C=O) groups is 1. The van der Waals surface area contributed by atoms with Crippen LogP contribution in [0.4, 0.5) is 11.4 Å². The van der Waals surface area contributed by atoms with Crippen LogP contribution in [0.5, 0.6) is 0 Å². The van der Waals surface area contributed by atoms with Crippen LogP contribution in [0.3, 0.4) is 0 Å². The number of nitrogens with one attached hydrogen (secondary N) is 1. The average Bonchev–Trinajstić information content (AvgIpc) is 2.48. The fourth-order valence-corrected chi connectivity index (χ4v) is 2.62. The van der Waals surface area contributed by atoms with Crippen LogP contribution in [0.25, 0.3) is 0 Å². The van der Waals surface area contributed by atoms with Crippen molar-refractivity contribution in [3.63, 3.8) is 0 Å². The molecule has 0 unspecified atom stereocenters. The zero-order chi connectivity index (χ0) is 14.4. The van der Waals surface area contributed by atoms with E-state index in [0.717, 1.165) is 51.0 Å². The molecule has 1 aliphatic rings. The topological polar surface area (TPSA) is 58.4 Å². The lowest BCUT2D eigenvalue weighted by atomic mass is 9.95. The molecule has 0 aliphatic carbocycles. The minimum atomic E-state index is 0.178. The van der Waals surface area contributed by atoms with Gasteiger partial charge in [-0.15, -0.1) is 0 Å². The summed E-state index contributed by atoms with van der Waals surface area (Å²) in [5.41, 5.74) is 7.69. The van der Waals surface area contributed by atoms with Crippen LogP contribution in [0.15, 0.2) is 24.3 Å². The summed E-state index contributed by atoms with van der Waals surface area (Å²) in [7, 11) is 0. The first-order chi connectivity index (χ1) is 9.70. The van der Waals surface area contributed by atoms with Gasteiger partial charge < -0.3 is 16.0 Å². The Balaban J connectivity index is 1.80. The largest absolute Gasteiger partial charge is 0.399 e. The summed E-state index contributed by atoms with van der Waals surface area (Å²) in [6.45, 7) is 4.83. The molecular weight excluding hydrogens is 250 g/mol. The third-order valence-corrected chi connectivity index (χ3v) is 3.95. The van der Waals surface area contributed by atoms with Crippen molar-refractivity contribution in [2.75, 3.05) is 30.3 Å². The zero-order valence-corrected chi connectivity index (χ0v) is 12.3. The van der Waals surface area contributed by atoms with Gasteiger partial charge in [-0.1, -0.05) is 13.3 Å². The van der Waals surface area contributed by atoms with Crippen molar-refractivity contribution in [1.82, 2.24) is 5.32 Å². The van der Waals surface area contributed by atoms with Crippen molar-refractivity contribution in [3.8, 4) is 0 Å². The maximum Gasteiger partial charge on any atom is 0.223 e. The van der Waals surface area contributed by atoms with Gasteiger partial charge in [-0.05, 0) is 43.5 Å². The summed E-state index contributed by atoms with van der Waals surface area (Å²) in [6.07, 6.45) is 4.05. The van der Waals surface area contributed by atoms with Crippen molar-refractivity contribution < 1.29 is 4.79 Å². The number of carbonyl (C=O) groups excluding carboxylic acids is 1. The molecule has 110 valence electrons. The lowest BCUT2D eigenvalue weighted by Gasteiger charge is -2.33. The van der Waals surface area contributed by atoms with Gasteiger partial charge in [0, 0.05) is 36.9 Å². The number of nitrogens with zero attached hydrogens (tertiary/aromatic N) is 1. The van der Waals surface area contributed by atoms with Crippen LogP contribution in [-0.4, -0.2) is 25.5 Å². The second-order valence-corrected chi connectivity index (χ2v) is 5.50. The summed E-state index contributed by atoms with van der Waals surface area (Å²) in [4.78, 5) is 14.3. The molecule has 3 N–H and O–H groups in total. The molecule has 2 rings (SSSR count). The highest BCUT2D eigenvalue weighted by Crippen LogP contribution is 2.24. The quantitative estimate of drug-likeness (QED) is 0.641. The van der Waals surface area contributed by atoms with Crippen molar-refractivity contribution >= 4 is 17.3 Å². The molecule has 4 heteroatoms. The minimum absolute atomic E-state index is 0.178. The van der Waals surface area contributed by atoms with Gasteiger partial charge in [0.15, 0.2) is 0 Å². The van der Waals surface area contributed by atoms with E-state index in [1.165, 1.54) is 5.69 Å². The number of hydrogen-bond donors (Lipinski definition) is 2. The summed E-state index contributed by atoms with van der Waals surface area (Å²) in [6, 6.07) is 7.96. The molecule has 1 heterocycles. The van der Waals surface area contributed by atoms with Crippen LogP contribution < -0.4 is 16.0 Å². The van der Waals surface area contributed by atoms with Gasteiger partial charge in [-0.25, -0.2) is 0 Å². The van der Waals surface area contributed by atoms with E-state index < -0.39 is 0 Å². The van der Waals surface area contributed by atoms with Crippen LogP contribution in [0, 0.1) is 5.92 Å². The molecule has 1 aliphatic heterocycles. The van der Waals surface area contributed by atoms with E-state index >= 15 is 0 Å². The van der Waals surface area contributed by atoms with Gasteiger partial charge in [0.25, 0.3) is 0 Å². The van der Waals surface area contributed by atoms with Gasteiger partial charge in [-0.3, -0.25) is 4.79 Å². The number of anilines is 2. The lowest BCUT2D eigenvalue weighted by molar-refractivity contribution is -0.125. The fraction of sp³-hybridized carbons (Fsp3) is 0.562. The standard InChI is InChI=1S/C16H25N3O/c1-2-3-10-18-16(20)13-8-11-19(12-9-13)15-6-4-14(17)5-7-15/h4-7,13H,2-3,8-12,17H2,1H3,(H,18,20). The molecule has 0 radical (unpaired) electrons. The van der Waals surface area contributed by atoms with Crippen molar-refractivity contribution in [3.05, 3.63) is 24.3 Å². The molecule has 1 fully saturated rings. The van der Waals surface area contributed by atoms with Crippen molar-refractivity contribution in [2.24, 2.45) is 5.92 Å². The van der Waals surface area contributed by atoms with Crippen LogP contribution in [0.1, 0.15) is 32.6 Å². The molecule has 0 aromatic heterocycles. The second kappa shape index (κ2) is 7.17. The van der Waals surface area contributed by atoms with E-state index in [1.54, 1.807) is 0 Å². The predicted molar refractivity (Wildman–Crippen MR) is 83.7 cm³/mol. The van der Waals surface area contributed by atoms with Gasteiger partial charge in [-0.2, -0.15) is 0 Å². The molecule has 0 atom stereocenters. The van der Waals surface area contributed by atoms with E-state index in [9.17, 15) is 4.79 Å². The SMILES string of the molecule is CCCCNC(=O)C1CCN(c2ccc(N)cc2)CC1. The highest BCUT2D eigenvalue weighted by atomic mass is 16.1. The smallest absolute Gasteiger partial charge is 0.223 e. The summed E-state index contributed by atoms with van der Waals surface area (Å²) >= 11 is 0. The molecule has 1 saturated heterocycles. The van der Waals surface area contributed by atoms with E-state index in [2.05, 4.69) is 29.3 Å². The Kier molecular flexibility index (Phi) is 5.27. The van der Waals surface area contributed by atoms with E-state index in [4.69, 9.17) is 5.73 Å². The summed E-state index contributed by atoms with van der Waals surface area (Å²) < 4.78 is 0. The molecule has 1 amide bonds. The molecule has 0 spiro atoms. The predicted octanol–water partition coefficient (Wildman–Crippen LogP) is 2.40. The number of nitrogen functional groups attached to an aromatic ring is 1. The van der Waals surface area contributed by atoms with E-state index in [1.807, 2.05) is 12.1 Å². The number of hydrogen-bond acceptors (Lipinski definition) is 3. The van der Waals surface area contributed by atoms with Crippen molar-refractivity contribution in [1.29, 1.82) is 0 Å². The highest BCUT2D eigenvalue weighted by Gasteiger charge is 2.24. The monoisotopic (exact) mass is 275 g/mol. The van der Waals surface area contributed by atoms with E-state index in [-0.39, 0.29) is 11.8 Å². The third-order valence-electron chi connectivity index (χ3n) is 3.95. The molecule has 0 saturated carbocycles. The first-order valence-corrected chi connectivity index (χ1v) is 7.59. The Morgan fingerprint density at radius 1 is 1.30 bits per heavy atom. The average molecular weight is 275 g/mol. The van der Waals surface area contributed by atoms with E-state index in [0.29, 0.717) is 0 Å². The first kappa shape index (κ1) is 14.7. The zero-order valence-electron chi connectivity index (χ0n) is 12.3. The third kappa shape index (κ3) is 3.89. The van der Waals surface area contributed by atoms with Gasteiger partial charge in [0.05, 0.1) is 0 Å². The van der Waals surface area contributed by atoms with Crippen LogP contribution >= 0.6 is 0 Å². The van der Waals surface area contributed by atoms with Gasteiger partial charge in [0.2, 0.25) is 5.91 Å². The Labute approximate surface area is 121 Å². The Bertz CT molecular complexity index is 422. The molecule has 4 nitrogen and oxygen atoms in total. The summed E-state index contributed by atoms with van der Waals surface area (Å²) in [5.74, 6) is 0.410. The Hall–Kier alpha value is -1.71. The molecule has 0 bridgehead atoms. The number of nitrogens with two attached hydrogens (primary N) is 1. The normalized spacial score (nSPS) is 16.1. The molecular formula is C16H25N3O. The Morgan fingerprint density at radius 3 is 2.55 bits per heavy atom. The van der Waals surface area contributed by atoms with Crippen LogP contribution in [-0.2, 0) is 4.79 Å². The molecule has 1 aromatic carbocycles. The maximum absolute atomic E-state index is 12.0. The van der Waals surface area contributed by atoms with Gasteiger partial charge in [0.1, 0.15) is 0 Å². The number of amides is 1. The number of rotatable bonds is 5. The minimum Gasteiger partial charge on any atom is -0.399 e. The number of benzene rings is 1. The van der Waals surface area contributed by atoms with Gasteiger partial charge >= 0.3 is 0 Å².